The van der Waals surface area contributed by atoms with Gasteiger partial charge in [0.15, 0.2) is 0 Å². The van der Waals surface area contributed by atoms with Crippen molar-refractivity contribution in [2.75, 3.05) is 5.32 Å². The molecule has 0 spiro atoms. The number of hydrogen-bond acceptors (Lipinski definition) is 5. The second-order valence-corrected chi connectivity index (χ2v) is 10.3. The number of para-hydroxylation sites is 1. The van der Waals surface area contributed by atoms with Crippen molar-refractivity contribution in [3.63, 3.8) is 0 Å². The van der Waals surface area contributed by atoms with Gasteiger partial charge in [0.2, 0.25) is 5.91 Å². The van der Waals surface area contributed by atoms with Crippen LogP contribution in [0.2, 0.25) is 0 Å². The molecule has 1 aliphatic rings. The van der Waals surface area contributed by atoms with E-state index < -0.39 is 0 Å². The van der Waals surface area contributed by atoms with Gasteiger partial charge in [0.05, 0.1) is 5.25 Å². The van der Waals surface area contributed by atoms with Crippen molar-refractivity contribution in [3.8, 4) is 0 Å². The molecule has 3 aromatic rings. The normalized spacial score (nSPS) is 17.2. The fourth-order valence-electron chi connectivity index (χ4n) is 3.98. The van der Waals surface area contributed by atoms with Crippen LogP contribution in [0.3, 0.4) is 0 Å². The zero-order valence-electron chi connectivity index (χ0n) is 17.4. The van der Waals surface area contributed by atoms with Crippen LogP contribution in [0.5, 0.6) is 0 Å². The molecule has 1 N–H and O–H groups in total. The molecular weight excluding hydrogens is 398 g/mol. The number of amides is 1. The van der Waals surface area contributed by atoms with Gasteiger partial charge in [-0.05, 0) is 62.1 Å². The van der Waals surface area contributed by atoms with Crippen LogP contribution >= 0.6 is 23.1 Å². The van der Waals surface area contributed by atoms with Crippen LogP contribution < -0.4 is 5.32 Å². The number of fused-ring (bicyclic) bond motifs is 3. The van der Waals surface area contributed by atoms with Gasteiger partial charge in [-0.25, -0.2) is 9.97 Å². The van der Waals surface area contributed by atoms with Crippen molar-refractivity contribution in [1.29, 1.82) is 0 Å². The molecule has 4 rings (SSSR count). The van der Waals surface area contributed by atoms with Gasteiger partial charge in [0, 0.05) is 16.0 Å². The Morgan fingerprint density at radius 3 is 3.00 bits per heavy atom. The van der Waals surface area contributed by atoms with Crippen molar-refractivity contribution in [3.05, 3.63) is 46.1 Å². The Morgan fingerprint density at radius 2 is 2.21 bits per heavy atom. The predicted octanol–water partition coefficient (Wildman–Crippen LogP) is 5.81. The first-order valence-corrected chi connectivity index (χ1v) is 12.0. The maximum atomic E-state index is 13.0. The zero-order valence-corrected chi connectivity index (χ0v) is 19.0. The number of nitrogens with one attached hydrogen (secondary N) is 1. The van der Waals surface area contributed by atoms with E-state index in [4.69, 9.17) is 0 Å². The largest absolute Gasteiger partial charge is 0.325 e. The molecule has 0 fully saturated rings. The summed E-state index contributed by atoms with van der Waals surface area (Å²) in [6.07, 6.45) is 5.95. The fourth-order valence-corrected chi connectivity index (χ4v) is 6.34. The van der Waals surface area contributed by atoms with Gasteiger partial charge in [0.1, 0.15) is 16.2 Å². The molecule has 4 nitrogen and oxygen atoms in total. The first kappa shape index (κ1) is 20.4. The van der Waals surface area contributed by atoms with E-state index in [-0.39, 0.29) is 11.2 Å². The summed E-state index contributed by atoms with van der Waals surface area (Å²) in [5.74, 6) is 0.745. The van der Waals surface area contributed by atoms with E-state index in [0.29, 0.717) is 0 Å². The Hall–Kier alpha value is -1.92. The van der Waals surface area contributed by atoms with Crippen LogP contribution in [0.25, 0.3) is 10.2 Å². The van der Waals surface area contributed by atoms with E-state index in [1.165, 1.54) is 27.8 Å². The summed E-state index contributed by atoms with van der Waals surface area (Å²) in [7, 11) is 0. The first-order valence-electron chi connectivity index (χ1n) is 10.3. The van der Waals surface area contributed by atoms with Crippen LogP contribution in [0, 0.1) is 12.8 Å². The molecule has 2 atom stereocenters. The number of anilines is 1. The summed E-state index contributed by atoms with van der Waals surface area (Å²) < 4.78 is 0. The van der Waals surface area contributed by atoms with E-state index in [0.717, 1.165) is 46.3 Å². The molecule has 0 saturated heterocycles. The predicted molar refractivity (Wildman–Crippen MR) is 123 cm³/mol. The van der Waals surface area contributed by atoms with E-state index >= 15 is 0 Å². The van der Waals surface area contributed by atoms with E-state index in [2.05, 4.69) is 35.2 Å². The number of nitrogens with zero attached hydrogens (tertiary/aromatic N) is 2. The molecule has 1 amide bonds. The highest BCUT2D eigenvalue weighted by Gasteiger charge is 2.25. The number of carbonyl (C=O) groups is 1. The number of carbonyl (C=O) groups excluding carboxylic acids is 1. The number of benzene rings is 1. The molecule has 152 valence electrons. The average Bonchev–Trinajstić information content (AvgIpc) is 3.07. The molecule has 0 aliphatic heterocycles. The second-order valence-electron chi connectivity index (χ2n) is 7.92. The minimum atomic E-state index is -0.240. The first-order chi connectivity index (χ1) is 14.0. The quantitative estimate of drug-likeness (QED) is 0.414. The Balaban J connectivity index is 1.58. The zero-order chi connectivity index (χ0) is 20.5. The van der Waals surface area contributed by atoms with Crippen LogP contribution in [0.1, 0.15) is 48.8 Å². The van der Waals surface area contributed by atoms with E-state index in [9.17, 15) is 4.79 Å². The highest BCUT2D eigenvalue weighted by Crippen LogP contribution is 2.41. The van der Waals surface area contributed by atoms with Crippen molar-refractivity contribution < 1.29 is 4.79 Å². The van der Waals surface area contributed by atoms with Crippen LogP contribution in [0.15, 0.2) is 29.6 Å². The summed E-state index contributed by atoms with van der Waals surface area (Å²) in [5.41, 5.74) is 4.62. The van der Waals surface area contributed by atoms with Gasteiger partial charge >= 0.3 is 0 Å². The Labute approximate surface area is 180 Å². The lowest BCUT2D eigenvalue weighted by molar-refractivity contribution is -0.115. The molecule has 2 heterocycles. The SMILES string of the molecule is CCc1cccc(C)c1NC(=O)C(C)Sc1ncnc2sc3c(c12)CCC(C)C3. The van der Waals surface area contributed by atoms with Crippen molar-refractivity contribution in [2.24, 2.45) is 5.92 Å². The summed E-state index contributed by atoms with van der Waals surface area (Å²) >= 11 is 3.34. The van der Waals surface area contributed by atoms with Crippen molar-refractivity contribution in [1.82, 2.24) is 9.97 Å². The van der Waals surface area contributed by atoms with E-state index in [1.54, 1.807) is 29.4 Å². The lowest BCUT2D eigenvalue weighted by Crippen LogP contribution is -2.23. The Bertz CT molecular complexity index is 1060. The van der Waals surface area contributed by atoms with Gasteiger partial charge in [-0.1, -0.05) is 43.8 Å². The number of rotatable bonds is 5. The monoisotopic (exact) mass is 425 g/mol. The van der Waals surface area contributed by atoms with Crippen molar-refractivity contribution in [2.45, 2.75) is 63.7 Å². The lowest BCUT2D eigenvalue weighted by Gasteiger charge is -2.19. The summed E-state index contributed by atoms with van der Waals surface area (Å²) in [6, 6.07) is 6.16. The maximum absolute atomic E-state index is 13.0. The molecule has 2 aromatic heterocycles. The highest BCUT2D eigenvalue weighted by atomic mass is 32.2. The summed E-state index contributed by atoms with van der Waals surface area (Å²) in [4.78, 5) is 24.6. The smallest absolute Gasteiger partial charge is 0.237 e. The van der Waals surface area contributed by atoms with Crippen molar-refractivity contribution >= 4 is 44.9 Å². The number of thiophene rings is 1. The minimum absolute atomic E-state index is 0.0171. The van der Waals surface area contributed by atoms with Gasteiger partial charge in [-0.15, -0.1) is 11.3 Å². The number of hydrogen-bond donors (Lipinski definition) is 1. The minimum Gasteiger partial charge on any atom is -0.325 e. The third-order valence-electron chi connectivity index (χ3n) is 5.70. The van der Waals surface area contributed by atoms with Gasteiger partial charge in [-0.3, -0.25) is 4.79 Å². The topological polar surface area (TPSA) is 54.9 Å². The molecular formula is C23H27N3OS2. The summed E-state index contributed by atoms with van der Waals surface area (Å²) in [5, 5.41) is 5.03. The number of aromatic nitrogens is 2. The Morgan fingerprint density at radius 1 is 1.38 bits per heavy atom. The Kier molecular flexibility index (Phi) is 5.93. The molecule has 29 heavy (non-hydrogen) atoms. The number of thioether (sulfide) groups is 1. The average molecular weight is 426 g/mol. The standard InChI is InChI=1S/C23H27N3OS2/c1-5-16-8-6-7-14(3)20(16)26-21(27)15(4)28-22-19-17-10-9-13(2)11-18(17)29-23(19)25-12-24-22/h6-8,12-13,15H,5,9-11H2,1-4H3,(H,26,27). The highest BCUT2D eigenvalue weighted by molar-refractivity contribution is 8.00. The van der Waals surface area contributed by atoms with Crippen LogP contribution in [0.4, 0.5) is 5.69 Å². The van der Waals surface area contributed by atoms with Gasteiger partial charge in [-0.2, -0.15) is 0 Å². The molecule has 0 bridgehead atoms. The third kappa shape index (κ3) is 4.05. The molecule has 2 unspecified atom stereocenters. The van der Waals surface area contributed by atoms with Crippen LogP contribution in [-0.2, 0) is 24.1 Å². The number of aryl methyl sites for hydroxylation is 3. The second kappa shape index (κ2) is 8.44. The maximum Gasteiger partial charge on any atom is 0.237 e. The lowest BCUT2D eigenvalue weighted by atomic mass is 9.89. The molecule has 6 heteroatoms. The fraction of sp³-hybridized carbons (Fsp3) is 0.435. The van der Waals surface area contributed by atoms with E-state index in [1.807, 2.05) is 26.0 Å². The molecule has 1 aliphatic carbocycles. The van der Waals surface area contributed by atoms with Crippen LogP contribution in [-0.4, -0.2) is 21.1 Å². The molecule has 0 radical (unpaired) electrons. The molecule has 0 saturated carbocycles. The summed E-state index contributed by atoms with van der Waals surface area (Å²) in [6.45, 7) is 8.43. The van der Waals surface area contributed by atoms with Gasteiger partial charge < -0.3 is 5.32 Å². The van der Waals surface area contributed by atoms with Gasteiger partial charge in [0.25, 0.3) is 0 Å². The third-order valence-corrected chi connectivity index (χ3v) is 7.97. The molecule has 1 aromatic carbocycles.